The molecule has 0 aliphatic carbocycles. The van der Waals surface area contributed by atoms with Crippen LogP contribution in [0.25, 0.3) is 11.5 Å². The van der Waals surface area contributed by atoms with Gasteiger partial charge < -0.3 is 19.0 Å². The Bertz CT molecular complexity index is 993. The van der Waals surface area contributed by atoms with E-state index in [4.69, 9.17) is 21.4 Å². The van der Waals surface area contributed by atoms with E-state index in [-0.39, 0.29) is 5.82 Å². The highest BCUT2D eigenvalue weighted by Crippen LogP contribution is 2.21. The van der Waals surface area contributed by atoms with E-state index in [9.17, 15) is 4.39 Å². The van der Waals surface area contributed by atoms with Crippen LogP contribution in [0.15, 0.2) is 52.9 Å². The summed E-state index contributed by atoms with van der Waals surface area (Å²) in [6, 6.07) is 14.3. The van der Waals surface area contributed by atoms with Crippen LogP contribution in [-0.4, -0.2) is 42.6 Å². The number of quaternary nitrogens is 1. The van der Waals surface area contributed by atoms with Gasteiger partial charge in [-0.3, -0.25) is 0 Å². The number of rotatable bonds is 6. The summed E-state index contributed by atoms with van der Waals surface area (Å²) in [6.45, 7) is 6.95. The van der Waals surface area contributed by atoms with Crippen molar-refractivity contribution >= 4 is 17.9 Å². The second-order valence-electron chi connectivity index (χ2n) is 7.00. The fourth-order valence-electron chi connectivity index (χ4n) is 3.49. The van der Waals surface area contributed by atoms with Gasteiger partial charge in [-0.05, 0) is 67.7 Å². The molecule has 1 aliphatic rings. The molecule has 0 unspecified atom stereocenters. The molecule has 0 radical (unpaired) electrons. The first-order valence-corrected chi connectivity index (χ1v) is 10.2. The highest BCUT2D eigenvalue weighted by atomic mass is 32.1. The van der Waals surface area contributed by atoms with Crippen LogP contribution in [0.5, 0.6) is 5.75 Å². The van der Waals surface area contributed by atoms with Gasteiger partial charge in [-0.1, -0.05) is 0 Å². The lowest BCUT2D eigenvalue weighted by atomic mass is 10.2. The van der Waals surface area contributed by atoms with Crippen LogP contribution < -0.4 is 14.5 Å². The molecule has 4 rings (SSSR count). The molecule has 0 bridgehead atoms. The number of nitrogens with zero attached hydrogens (tertiary/aromatic N) is 3. The van der Waals surface area contributed by atoms with Crippen molar-refractivity contribution in [2.75, 3.05) is 37.7 Å². The van der Waals surface area contributed by atoms with E-state index in [2.05, 4.69) is 10.00 Å². The molecule has 0 saturated carbocycles. The zero-order chi connectivity index (χ0) is 20.2. The van der Waals surface area contributed by atoms with E-state index < -0.39 is 0 Å². The van der Waals surface area contributed by atoms with Crippen LogP contribution in [0.3, 0.4) is 0 Å². The van der Waals surface area contributed by atoms with Gasteiger partial charge in [0.2, 0.25) is 5.89 Å². The number of halogens is 1. The number of anilines is 1. The largest absolute Gasteiger partial charge is 0.494 e. The van der Waals surface area contributed by atoms with Gasteiger partial charge in [0.25, 0.3) is 4.84 Å². The molecule has 2 heterocycles. The molecule has 0 spiro atoms. The molecule has 6 nitrogen and oxygen atoms in total. The molecule has 29 heavy (non-hydrogen) atoms. The second kappa shape index (κ2) is 8.75. The molecule has 152 valence electrons. The number of aromatic nitrogens is 2. The minimum absolute atomic E-state index is 0.207. The normalized spacial score (nSPS) is 14.9. The minimum Gasteiger partial charge on any atom is -0.494 e. The maximum atomic E-state index is 13.1. The Kier molecular flexibility index (Phi) is 5.92. The van der Waals surface area contributed by atoms with Gasteiger partial charge in [-0.25, -0.2) is 4.39 Å². The van der Waals surface area contributed by atoms with E-state index in [1.165, 1.54) is 17.0 Å². The Balaban J connectivity index is 1.38. The third-order valence-corrected chi connectivity index (χ3v) is 5.35. The highest BCUT2D eigenvalue weighted by Gasteiger charge is 2.22. The smallest absolute Gasteiger partial charge is 0.292 e. The maximum Gasteiger partial charge on any atom is 0.292 e. The van der Waals surface area contributed by atoms with Crippen molar-refractivity contribution in [1.82, 2.24) is 9.78 Å². The molecule has 2 aromatic carbocycles. The Morgan fingerprint density at radius 2 is 1.79 bits per heavy atom. The van der Waals surface area contributed by atoms with Gasteiger partial charge in [0.1, 0.15) is 11.6 Å². The monoisotopic (exact) mass is 415 g/mol. The molecule has 1 fully saturated rings. The predicted molar refractivity (Wildman–Crippen MR) is 111 cm³/mol. The maximum absolute atomic E-state index is 13.1. The predicted octanol–water partition coefficient (Wildman–Crippen LogP) is 2.77. The van der Waals surface area contributed by atoms with Gasteiger partial charge in [-0.15, -0.1) is 5.10 Å². The van der Waals surface area contributed by atoms with Crippen molar-refractivity contribution in [3.05, 3.63) is 59.2 Å². The van der Waals surface area contributed by atoms with E-state index in [1.54, 1.807) is 4.68 Å². The first-order valence-electron chi connectivity index (χ1n) is 9.77. The van der Waals surface area contributed by atoms with Crippen LogP contribution in [-0.2, 0) is 6.67 Å². The fourth-order valence-corrected chi connectivity index (χ4v) is 3.67. The van der Waals surface area contributed by atoms with Crippen molar-refractivity contribution < 1.29 is 18.4 Å². The Labute approximate surface area is 174 Å². The lowest BCUT2D eigenvalue weighted by Crippen LogP contribution is -3.14. The van der Waals surface area contributed by atoms with Crippen LogP contribution in [0.1, 0.15) is 6.92 Å². The quantitative estimate of drug-likeness (QED) is 0.628. The van der Waals surface area contributed by atoms with Crippen molar-refractivity contribution in [2.24, 2.45) is 0 Å². The summed E-state index contributed by atoms with van der Waals surface area (Å²) in [5, 5.41) is 4.57. The topological polar surface area (TPSA) is 47.9 Å². The summed E-state index contributed by atoms with van der Waals surface area (Å²) in [4.78, 5) is 4.03. The SMILES string of the molecule is CCOc1ccc(-c2nn(C[NH+]3CCN(c4ccc(F)cc4)CC3)c(=S)o2)cc1. The lowest BCUT2D eigenvalue weighted by Gasteiger charge is -2.33. The van der Waals surface area contributed by atoms with Gasteiger partial charge in [-0.2, -0.15) is 4.68 Å². The molecule has 3 aromatic rings. The molecule has 1 saturated heterocycles. The summed E-state index contributed by atoms with van der Waals surface area (Å²) >= 11 is 5.37. The number of benzene rings is 2. The van der Waals surface area contributed by atoms with Crippen LogP contribution in [0, 0.1) is 10.7 Å². The third kappa shape index (κ3) is 4.65. The van der Waals surface area contributed by atoms with Crippen molar-refractivity contribution in [3.8, 4) is 17.2 Å². The summed E-state index contributed by atoms with van der Waals surface area (Å²) < 4.78 is 26.1. The van der Waals surface area contributed by atoms with E-state index >= 15 is 0 Å². The van der Waals surface area contributed by atoms with Crippen LogP contribution in [0.4, 0.5) is 10.1 Å². The van der Waals surface area contributed by atoms with E-state index in [0.29, 0.717) is 24.0 Å². The minimum atomic E-state index is -0.207. The molecule has 0 amide bonds. The molecule has 0 atom stereocenters. The van der Waals surface area contributed by atoms with Crippen molar-refractivity contribution in [1.29, 1.82) is 0 Å². The Morgan fingerprint density at radius 3 is 2.45 bits per heavy atom. The van der Waals surface area contributed by atoms with Gasteiger partial charge >= 0.3 is 0 Å². The molecular weight excluding hydrogens is 391 g/mol. The van der Waals surface area contributed by atoms with Crippen LogP contribution >= 0.6 is 12.2 Å². The van der Waals surface area contributed by atoms with Crippen LogP contribution in [0.2, 0.25) is 0 Å². The molecule has 1 aliphatic heterocycles. The number of hydrogen-bond donors (Lipinski definition) is 1. The number of nitrogens with one attached hydrogen (secondary N) is 1. The van der Waals surface area contributed by atoms with E-state index in [0.717, 1.165) is 43.2 Å². The zero-order valence-electron chi connectivity index (χ0n) is 16.3. The van der Waals surface area contributed by atoms with E-state index in [1.807, 2.05) is 43.3 Å². The van der Waals surface area contributed by atoms with Crippen molar-refractivity contribution in [3.63, 3.8) is 0 Å². The molecule has 8 heteroatoms. The van der Waals surface area contributed by atoms with Crippen molar-refractivity contribution in [2.45, 2.75) is 13.6 Å². The summed E-state index contributed by atoms with van der Waals surface area (Å²) in [6.07, 6.45) is 0. The average molecular weight is 416 g/mol. The number of hydrogen-bond acceptors (Lipinski definition) is 5. The molecule has 1 N–H and O–H groups in total. The van der Waals surface area contributed by atoms with Gasteiger partial charge in [0.05, 0.1) is 32.8 Å². The first kappa shape index (κ1) is 19.6. The highest BCUT2D eigenvalue weighted by molar-refractivity contribution is 7.71. The summed E-state index contributed by atoms with van der Waals surface area (Å²) in [5.74, 6) is 1.13. The first-order chi connectivity index (χ1) is 14.1. The molecular formula is C21H24FN4O2S+. The summed E-state index contributed by atoms with van der Waals surface area (Å²) in [7, 11) is 0. The number of piperazine rings is 1. The average Bonchev–Trinajstić information content (AvgIpc) is 3.10. The standard InChI is InChI=1S/C21H23FN4O2S/c1-2-27-19-9-3-16(4-10-19)20-23-26(21(29)28-20)15-24-11-13-25(14-12-24)18-7-5-17(22)6-8-18/h3-10H,2,11-15H2,1H3/p+1. The van der Waals surface area contributed by atoms with Gasteiger partial charge in [0, 0.05) is 11.3 Å². The third-order valence-electron chi connectivity index (χ3n) is 5.05. The van der Waals surface area contributed by atoms with Gasteiger partial charge in [0.15, 0.2) is 6.67 Å². The zero-order valence-corrected chi connectivity index (χ0v) is 17.1. The fraction of sp³-hybridized carbons (Fsp3) is 0.333. The number of ether oxygens (including phenoxy) is 1. The summed E-state index contributed by atoms with van der Waals surface area (Å²) in [5.41, 5.74) is 1.93. The Morgan fingerprint density at radius 1 is 1.10 bits per heavy atom. The second-order valence-corrected chi connectivity index (χ2v) is 7.35. The molecule has 1 aromatic heterocycles. The lowest BCUT2D eigenvalue weighted by molar-refractivity contribution is -0.924. The Hall–Kier alpha value is -2.71.